The second-order valence-electron chi connectivity index (χ2n) is 4.92. The van der Waals surface area contributed by atoms with Crippen LogP contribution in [-0.4, -0.2) is 31.4 Å². The molecule has 0 aromatic carbocycles. The molecule has 1 unspecified atom stereocenters. The molecule has 0 radical (unpaired) electrons. The molecule has 4 rings (SSSR count). The third-order valence-corrected chi connectivity index (χ3v) is 4.43. The first-order chi connectivity index (χ1) is 10.3. The lowest BCUT2D eigenvalue weighted by Gasteiger charge is -2.04. The summed E-state index contributed by atoms with van der Waals surface area (Å²) in [4.78, 5) is 5.16. The number of hydrogen-bond donors (Lipinski definition) is 1. The first-order valence-electron chi connectivity index (χ1n) is 6.84. The van der Waals surface area contributed by atoms with Crippen molar-refractivity contribution in [3.8, 4) is 10.7 Å². The zero-order valence-electron chi connectivity index (χ0n) is 11.3. The molecule has 0 amide bonds. The Morgan fingerprint density at radius 2 is 2.33 bits per heavy atom. The van der Waals surface area contributed by atoms with Crippen molar-refractivity contribution in [2.24, 2.45) is 5.73 Å². The van der Waals surface area contributed by atoms with E-state index in [0.29, 0.717) is 6.54 Å². The SMILES string of the molecule is NCc1ccc(-c2nn3c(C4CCCO4)nnc3s2)nc1. The fourth-order valence-corrected chi connectivity index (χ4v) is 3.21. The molecule has 0 saturated carbocycles. The summed E-state index contributed by atoms with van der Waals surface area (Å²) in [6.07, 6.45) is 3.80. The molecule has 8 heteroatoms. The van der Waals surface area contributed by atoms with Crippen molar-refractivity contribution < 1.29 is 4.74 Å². The molecular formula is C13H14N6OS. The van der Waals surface area contributed by atoms with E-state index in [1.165, 1.54) is 11.3 Å². The van der Waals surface area contributed by atoms with Gasteiger partial charge in [-0.25, -0.2) is 0 Å². The number of rotatable bonds is 3. The van der Waals surface area contributed by atoms with Gasteiger partial charge in [0.05, 0.1) is 0 Å². The van der Waals surface area contributed by atoms with E-state index in [2.05, 4.69) is 20.3 Å². The van der Waals surface area contributed by atoms with Gasteiger partial charge in [0.2, 0.25) is 4.96 Å². The number of aromatic nitrogens is 5. The van der Waals surface area contributed by atoms with Gasteiger partial charge < -0.3 is 10.5 Å². The Hall–Kier alpha value is -1.90. The van der Waals surface area contributed by atoms with Crippen LogP contribution in [0.4, 0.5) is 0 Å². The summed E-state index contributed by atoms with van der Waals surface area (Å²) in [5.74, 6) is 0.781. The lowest BCUT2D eigenvalue weighted by Crippen LogP contribution is -2.03. The van der Waals surface area contributed by atoms with Crippen LogP contribution in [0, 0.1) is 0 Å². The number of nitrogens with zero attached hydrogens (tertiary/aromatic N) is 5. The van der Waals surface area contributed by atoms with E-state index >= 15 is 0 Å². The predicted octanol–water partition coefficient (Wildman–Crippen LogP) is 1.56. The van der Waals surface area contributed by atoms with Crippen molar-refractivity contribution in [3.05, 3.63) is 29.7 Å². The molecule has 4 heterocycles. The van der Waals surface area contributed by atoms with Crippen LogP contribution in [0.15, 0.2) is 18.3 Å². The molecule has 7 nitrogen and oxygen atoms in total. The third kappa shape index (κ3) is 2.21. The van der Waals surface area contributed by atoms with Crippen LogP contribution in [0.1, 0.15) is 30.3 Å². The maximum atomic E-state index is 5.66. The smallest absolute Gasteiger partial charge is 0.235 e. The van der Waals surface area contributed by atoms with E-state index in [-0.39, 0.29) is 6.10 Å². The van der Waals surface area contributed by atoms with Crippen molar-refractivity contribution in [3.63, 3.8) is 0 Å². The number of nitrogens with two attached hydrogens (primary N) is 1. The van der Waals surface area contributed by atoms with E-state index in [1.54, 1.807) is 10.7 Å². The molecule has 1 saturated heterocycles. The Labute approximate surface area is 124 Å². The molecule has 0 spiro atoms. The van der Waals surface area contributed by atoms with Crippen molar-refractivity contribution in [1.29, 1.82) is 0 Å². The highest BCUT2D eigenvalue weighted by molar-refractivity contribution is 7.19. The molecule has 1 fully saturated rings. The van der Waals surface area contributed by atoms with Crippen LogP contribution < -0.4 is 5.73 Å². The lowest BCUT2D eigenvalue weighted by molar-refractivity contribution is 0.103. The fraction of sp³-hybridized carbons (Fsp3) is 0.385. The normalized spacial score (nSPS) is 18.6. The summed E-state index contributed by atoms with van der Waals surface area (Å²) >= 11 is 1.47. The van der Waals surface area contributed by atoms with Gasteiger partial charge >= 0.3 is 0 Å². The molecule has 2 N–H and O–H groups in total. The Kier molecular flexibility index (Phi) is 3.13. The van der Waals surface area contributed by atoms with E-state index in [9.17, 15) is 0 Å². The van der Waals surface area contributed by atoms with Crippen LogP contribution in [-0.2, 0) is 11.3 Å². The molecule has 3 aromatic heterocycles. The van der Waals surface area contributed by atoms with Crippen LogP contribution in [0.5, 0.6) is 0 Å². The Morgan fingerprint density at radius 1 is 1.38 bits per heavy atom. The first kappa shape index (κ1) is 12.8. The van der Waals surface area contributed by atoms with Crippen molar-refractivity contribution in [1.82, 2.24) is 24.8 Å². The van der Waals surface area contributed by atoms with Crippen molar-refractivity contribution in [2.45, 2.75) is 25.5 Å². The van der Waals surface area contributed by atoms with Gasteiger partial charge in [-0.3, -0.25) is 4.98 Å². The summed E-state index contributed by atoms with van der Waals surface area (Å²) in [5.41, 5.74) is 7.41. The molecule has 3 aromatic rings. The number of ether oxygens (including phenoxy) is 1. The van der Waals surface area contributed by atoms with Gasteiger partial charge in [-0.1, -0.05) is 17.4 Å². The van der Waals surface area contributed by atoms with Crippen LogP contribution in [0.3, 0.4) is 0 Å². The van der Waals surface area contributed by atoms with Crippen molar-refractivity contribution >= 4 is 16.3 Å². The summed E-state index contributed by atoms with van der Waals surface area (Å²) in [6.45, 7) is 1.26. The minimum atomic E-state index is 0.00234. The highest BCUT2D eigenvalue weighted by Crippen LogP contribution is 2.30. The van der Waals surface area contributed by atoms with Gasteiger partial charge in [0, 0.05) is 19.3 Å². The van der Waals surface area contributed by atoms with Gasteiger partial charge in [-0.05, 0) is 24.5 Å². The summed E-state index contributed by atoms with van der Waals surface area (Å²) in [5, 5.41) is 13.8. The predicted molar refractivity (Wildman–Crippen MR) is 77.7 cm³/mol. The van der Waals surface area contributed by atoms with Gasteiger partial charge in [0.15, 0.2) is 10.8 Å². The highest BCUT2D eigenvalue weighted by atomic mass is 32.1. The highest BCUT2D eigenvalue weighted by Gasteiger charge is 2.25. The summed E-state index contributed by atoms with van der Waals surface area (Å²) in [6, 6.07) is 3.89. The standard InChI is InChI=1S/C13H14N6OS/c14-6-8-3-4-9(15-7-8)12-18-19-11(10-2-1-5-20-10)16-17-13(19)21-12/h3-4,7,10H,1-2,5-6,14H2. The molecular weight excluding hydrogens is 288 g/mol. The maximum absolute atomic E-state index is 5.66. The van der Waals surface area contributed by atoms with Crippen LogP contribution in [0.25, 0.3) is 15.7 Å². The largest absolute Gasteiger partial charge is 0.370 e. The second-order valence-corrected chi connectivity index (χ2v) is 5.87. The van der Waals surface area contributed by atoms with Crippen LogP contribution >= 0.6 is 11.3 Å². The van der Waals surface area contributed by atoms with Gasteiger partial charge in [-0.15, -0.1) is 10.2 Å². The van der Waals surface area contributed by atoms with Crippen LogP contribution in [0.2, 0.25) is 0 Å². The second kappa shape index (κ2) is 5.14. The van der Waals surface area contributed by atoms with Gasteiger partial charge in [0.25, 0.3) is 0 Å². The fourth-order valence-electron chi connectivity index (χ4n) is 2.39. The van der Waals surface area contributed by atoms with E-state index in [1.807, 2.05) is 12.1 Å². The number of hydrogen-bond acceptors (Lipinski definition) is 7. The van der Waals surface area contributed by atoms with Gasteiger partial charge in [-0.2, -0.15) is 9.61 Å². The summed E-state index contributed by atoms with van der Waals surface area (Å²) in [7, 11) is 0. The number of fused-ring (bicyclic) bond motifs is 1. The molecule has 1 aliphatic rings. The minimum Gasteiger partial charge on any atom is -0.370 e. The third-order valence-electron chi connectivity index (χ3n) is 3.51. The molecule has 108 valence electrons. The molecule has 0 bridgehead atoms. The number of pyridine rings is 1. The zero-order valence-corrected chi connectivity index (χ0v) is 12.1. The quantitative estimate of drug-likeness (QED) is 0.789. The average molecular weight is 302 g/mol. The Morgan fingerprint density at radius 3 is 3.05 bits per heavy atom. The first-order valence-corrected chi connectivity index (χ1v) is 7.66. The Bertz CT molecular complexity index is 759. The minimum absolute atomic E-state index is 0.00234. The average Bonchev–Trinajstić information content (AvgIpc) is 3.23. The van der Waals surface area contributed by atoms with Gasteiger partial charge in [0.1, 0.15) is 11.8 Å². The Balaban J connectivity index is 1.72. The van der Waals surface area contributed by atoms with E-state index < -0.39 is 0 Å². The molecule has 1 atom stereocenters. The monoisotopic (exact) mass is 302 g/mol. The summed E-state index contributed by atoms with van der Waals surface area (Å²) < 4.78 is 7.43. The molecule has 21 heavy (non-hydrogen) atoms. The maximum Gasteiger partial charge on any atom is 0.235 e. The van der Waals surface area contributed by atoms with E-state index in [0.717, 1.165) is 46.5 Å². The van der Waals surface area contributed by atoms with E-state index in [4.69, 9.17) is 10.5 Å². The molecule has 0 aliphatic carbocycles. The topological polar surface area (TPSA) is 91.2 Å². The zero-order chi connectivity index (χ0) is 14.2. The van der Waals surface area contributed by atoms with Crippen molar-refractivity contribution in [2.75, 3.05) is 6.61 Å². The lowest BCUT2D eigenvalue weighted by atomic mass is 10.2. The molecule has 1 aliphatic heterocycles.